The van der Waals surface area contributed by atoms with Crippen LogP contribution in [0.5, 0.6) is 0 Å². The molecule has 4 nitrogen and oxygen atoms in total. The Kier molecular flexibility index (Phi) is 5.94. The van der Waals surface area contributed by atoms with Gasteiger partial charge in [0.25, 0.3) is 5.91 Å². The van der Waals surface area contributed by atoms with Crippen LogP contribution in [0.1, 0.15) is 17.3 Å². The van der Waals surface area contributed by atoms with E-state index < -0.39 is 5.82 Å². The Hall–Kier alpha value is -1.27. The van der Waals surface area contributed by atoms with Gasteiger partial charge in [0, 0.05) is 6.54 Å². The van der Waals surface area contributed by atoms with Crippen molar-refractivity contribution in [2.24, 2.45) is 11.8 Å². The number of nitrogens with one attached hydrogen (secondary N) is 2. The van der Waals surface area contributed by atoms with Gasteiger partial charge in [0.05, 0.1) is 11.3 Å². The van der Waals surface area contributed by atoms with Crippen molar-refractivity contribution in [3.8, 4) is 0 Å². The highest BCUT2D eigenvalue weighted by atomic mass is 32.2. The molecule has 1 atom stereocenters. The molecule has 0 fully saturated rings. The van der Waals surface area contributed by atoms with Crippen molar-refractivity contribution in [3.63, 3.8) is 0 Å². The van der Waals surface area contributed by atoms with E-state index in [0.29, 0.717) is 12.5 Å². The van der Waals surface area contributed by atoms with E-state index in [2.05, 4.69) is 10.7 Å². The number of halogens is 1. The van der Waals surface area contributed by atoms with Crippen LogP contribution in [0.4, 0.5) is 10.1 Å². The van der Waals surface area contributed by atoms with Gasteiger partial charge in [-0.15, -0.1) is 0 Å². The van der Waals surface area contributed by atoms with Gasteiger partial charge in [-0.05, 0) is 30.1 Å². The van der Waals surface area contributed by atoms with Crippen molar-refractivity contribution < 1.29 is 9.18 Å². The van der Waals surface area contributed by atoms with Crippen LogP contribution in [0.2, 0.25) is 0 Å². The largest absolute Gasteiger partial charge is 0.352 e. The molecule has 0 spiro atoms. The molecule has 0 aliphatic heterocycles. The van der Waals surface area contributed by atoms with Gasteiger partial charge < -0.3 is 10.7 Å². The van der Waals surface area contributed by atoms with E-state index in [1.165, 1.54) is 18.2 Å². The minimum atomic E-state index is -0.540. The number of hydrazine groups is 1. The summed E-state index contributed by atoms with van der Waals surface area (Å²) in [5.74, 6) is 5.69. The number of carbonyl (C=O) groups is 1. The highest BCUT2D eigenvalue weighted by Crippen LogP contribution is 2.18. The van der Waals surface area contributed by atoms with Crippen LogP contribution in [-0.4, -0.2) is 24.5 Å². The first kappa shape index (κ1) is 14.8. The van der Waals surface area contributed by atoms with Gasteiger partial charge in [0.15, 0.2) is 0 Å². The van der Waals surface area contributed by atoms with E-state index in [1.54, 1.807) is 11.8 Å². The minimum Gasteiger partial charge on any atom is -0.352 e. The molecule has 1 amide bonds. The van der Waals surface area contributed by atoms with Crippen LogP contribution >= 0.6 is 11.8 Å². The predicted octanol–water partition coefficient (Wildman–Crippen LogP) is 1.84. The molecule has 6 heteroatoms. The van der Waals surface area contributed by atoms with Gasteiger partial charge in [-0.2, -0.15) is 11.8 Å². The van der Waals surface area contributed by atoms with Crippen LogP contribution in [0, 0.1) is 11.7 Å². The quantitative estimate of drug-likeness (QED) is 0.545. The fourth-order valence-electron chi connectivity index (χ4n) is 1.57. The Balaban J connectivity index is 2.70. The molecule has 1 rings (SSSR count). The van der Waals surface area contributed by atoms with Crippen LogP contribution in [0.3, 0.4) is 0 Å². The molecule has 4 N–H and O–H groups in total. The summed E-state index contributed by atoms with van der Waals surface area (Å²) in [6.07, 6.45) is 2.02. The average molecular weight is 271 g/mol. The molecule has 0 aromatic heterocycles. The first-order valence-electron chi connectivity index (χ1n) is 5.62. The number of thioether (sulfide) groups is 1. The molecule has 1 aromatic carbocycles. The summed E-state index contributed by atoms with van der Waals surface area (Å²) < 4.78 is 13.4. The van der Waals surface area contributed by atoms with Gasteiger partial charge in [0.2, 0.25) is 0 Å². The van der Waals surface area contributed by atoms with Crippen molar-refractivity contribution in [2.75, 3.05) is 24.0 Å². The van der Waals surface area contributed by atoms with E-state index in [0.717, 1.165) is 5.75 Å². The number of anilines is 1. The fraction of sp³-hybridized carbons (Fsp3) is 0.417. The first-order valence-corrected chi connectivity index (χ1v) is 7.01. The lowest BCUT2D eigenvalue weighted by molar-refractivity contribution is 0.0949. The molecule has 0 bridgehead atoms. The zero-order valence-corrected chi connectivity index (χ0v) is 11.3. The minimum absolute atomic E-state index is 0.0209. The highest BCUT2D eigenvalue weighted by Gasteiger charge is 2.14. The molecule has 0 saturated heterocycles. The van der Waals surface area contributed by atoms with Crippen LogP contribution in [-0.2, 0) is 0 Å². The van der Waals surface area contributed by atoms with Crippen LogP contribution in [0.25, 0.3) is 0 Å². The number of hydrogen-bond donors (Lipinski definition) is 3. The molecule has 1 aromatic rings. The third-order valence-electron chi connectivity index (χ3n) is 2.46. The van der Waals surface area contributed by atoms with Crippen LogP contribution < -0.4 is 16.6 Å². The second-order valence-corrected chi connectivity index (χ2v) is 4.99. The third kappa shape index (κ3) is 3.89. The van der Waals surface area contributed by atoms with Crippen molar-refractivity contribution in [3.05, 3.63) is 29.6 Å². The average Bonchev–Trinajstić information content (AvgIpc) is 2.36. The number of benzene rings is 1. The summed E-state index contributed by atoms with van der Waals surface area (Å²) in [5.41, 5.74) is 2.45. The van der Waals surface area contributed by atoms with E-state index in [4.69, 9.17) is 5.84 Å². The standard InChI is InChI=1S/C12H18FN3OS/c1-8(7-18-2)6-15-12(17)9-4-3-5-10(13)11(9)16-14/h3-5,8,16H,6-7,14H2,1-2H3,(H,15,17). The number of rotatable bonds is 6. The van der Waals surface area contributed by atoms with Crippen LogP contribution in [0.15, 0.2) is 18.2 Å². The lowest BCUT2D eigenvalue weighted by Crippen LogP contribution is -2.30. The Morgan fingerprint density at radius 1 is 1.56 bits per heavy atom. The van der Waals surface area contributed by atoms with Gasteiger partial charge in [-0.3, -0.25) is 10.6 Å². The van der Waals surface area contributed by atoms with Crippen molar-refractivity contribution in [1.29, 1.82) is 0 Å². The number of nitrogen functional groups attached to an aromatic ring is 1. The summed E-state index contributed by atoms with van der Waals surface area (Å²) in [4.78, 5) is 11.9. The summed E-state index contributed by atoms with van der Waals surface area (Å²) >= 11 is 1.72. The third-order valence-corrected chi connectivity index (χ3v) is 3.37. The topological polar surface area (TPSA) is 67.2 Å². The zero-order valence-electron chi connectivity index (χ0n) is 10.5. The van der Waals surface area contributed by atoms with Gasteiger partial charge in [0.1, 0.15) is 5.82 Å². The second kappa shape index (κ2) is 7.23. The summed E-state index contributed by atoms with van der Waals surface area (Å²) in [6.45, 7) is 2.60. The normalized spacial score (nSPS) is 12.0. The van der Waals surface area contributed by atoms with Gasteiger partial charge >= 0.3 is 0 Å². The molecular formula is C12H18FN3OS. The van der Waals surface area contributed by atoms with Gasteiger partial charge in [-0.1, -0.05) is 13.0 Å². The molecule has 100 valence electrons. The Bertz CT molecular complexity index is 414. The lowest BCUT2D eigenvalue weighted by atomic mass is 10.1. The first-order chi connectivity index (χ1) is 8.60. The second-order valence-electron chi connectivity index (χ2n) is 4.08. The lowest BCUT2D eigenvalue weighted by Gasteiger charge is -2.13. The maximum absolute atomic E-state index is 13.4. The summed E-state index contributed by atoms with van der Waals surface area (Å²) in [6, 6.07) is 4.27. The molecule has 18 heavy (non-hydrogen) atoms. The maximum atomic E-state index is 13.4. The highest BCUT2D eigenvalue weighted by molar-refractivity contribution is 7.98. The number of para-hydroxylation sites is 1. The number of nitrogens with two attached hydrogens (primary N) is 1. The Morgan fingerprint density at radius 3 is 2.89 bits per heavy atom. The Morgan fingerprint density at radius 2 is 2.28 bits per heavy atom. The number of hydrogen-bond acceptors (Lipinski definition) is 4. The molecule has 0 aliphatic carbocycles. The number of amides is 1. The monoisotopic (exact) mass is 271 g/mol. The molecule has 0 aliphatic rings. The summed E-state index contributed by atoms with van der Waals surface area (Å²) in [5, 5.41) is 2.77. The van der Waals surface area contributed by atoms with Gasteiger partial charge in [-0.25, -0.2) is 4.39 Å². The van der Waals surface area contributed by atoms with Crippen molar-refractivity contribution in [2.45, 2.75) is 6.92 Å². The van der Waals surface area contributed by atoms with E-state index >= 15 is 0 Å². The van der Waals surface area contributed by atoms with Crippen molar-refractivity contribution in [1.82, 2.24) is 5.32 Å². The predicted molar refractivity (Wildman–Crippen MR) is 74.1 cm³/mol. The maximum Gasteiger partial charge on any atom is 0.253 e. The zero-order chi connectivity index (χ0) is 13.5. The number of carbonyl (C=O) groups excluding carboxylic acids is 1. The SMILES string of the molecule is CSCC(C)CNC(=O)c1cccc(F)c1NN. The summed E-state index contributed by atoms with van der Waals surface area (Å²) in [7, 11) is 0. The van der Waals surface area contributed by atoms with Crippen molar-refractivity contribution >= 4 is 23.4 Å². The molecule has 0 radical (unpaired) electrons. The molecular weight excluding hydrogens is 253 g/mol. The van der Waals surface area contributed by atoms with E-state index in [-0.39, 0.29) is 17.2 Å². The van der Waals surface area contributed by atoms with E-state index in [1.807, 2.05) is 13.2 Å². The fourth-order valence-corrected chi connectivity index (χ4v) is 2.25. The molecule has 1 unspecified atom stereocenters. The molecule has 0 heterocycles. The smallest absolute Gasteiger partial charge is 0.253 e. The van der Waals surface area contributed by atoms with E-state index in [9.17, 15) is 9.18 Å². The Labute approximate surface area is 110 Å². The molecule has 0 saturated carbocycles.